The van der Waals surface area contributed by atoms with Crippen molar-refractivity contribution in [2.75, 3.05) is 19.6 Å². The Balaban J connectivity index is 2.10. The number of rotatable bonds is 3. The van der Waals surface area contributed by atoms with Gasteiger partial charge >= 0.3 is 5.97 Å². The SMILES string of the molecule is Cc1cc(C)c2nonc2c1S(=O)(=O)N1CCN[C@H](C(=O)O)C1. The summed E-state index contributed by atoms with van der Waals surface area (Å²) in [6, 6.07) is 0.770. The van der Waals surface area contributed by atoms with Gasteiger partial charge < -0.3 is 10.4 Å². The molecule has 9 nitrogen and oxygen atoms in total. The Morgan fingerprint density at radius 2 is 2.04 bits per heavy atom. The number of carboxylic acids is 1. The zero-order valence-electron chi connectivity index (χ0n) is 12.6. The minimum atomic E-state index is -3.90. The second-order valence-corrected chi connectivity index (χ2v) is 7.38. The molecule has 0 bridgehead atoms. The Hall–Kier alpha value is -2.04. The van der Waals surface area contributed by atoms with E-state index < -0.39 is 22.0 Å². The fourth-order valence-corrected chi connectivity index (χ4v) is 4.58. The lowest BCUT2D eigenvalue weighted by Gasteiger charge is -2.31. The molecule has 10 heteroatoms. The van der Waals surface area contributed by atoms with Gasteiger partial charge in [0.2, 0.25) is 10.0 Å². The summed E-state index contributed by atoms with van der Waals surface area (Å²) in [5.41, 5.74) is 1.85. The first-order chi connectivity index (χ1) is 10.8. The Morgan fingerprint density at radius 1 is 1.35 bits per heavy atom. The maximum absolute atomic E-state index is 13.0. The molecule has 1 saturated heterocycles. The van der Waals surface area contributed by atoms with Gasteiger partial charge in [0, 0.05) is 19.6 Å². The summed E-state index contributed by atoms with van der Waals surface area (Å²) in [6.45, 7) is 3.78. The molecular formula is C13H16N4O5S. The number of aliphatic carboxylic acids is 1. The van der Waals surface area contributed by atoms with E-state index in [-0.39, 0.29) is 30.0 Å². The maximum Gasteiger partial charge on any atom is 0.322 e. The number of piperazine rings is 1. The van der Waals surface area contributed by atoms with Crippen molar-refractivity contribution < 1.29 is 22.9 Å². The summed E-state index contributed by atoms with van der Waals surface area (Å²) < 4.78 is 31.8. The van der Waals surface area contributed by atoms with E-state index in [0.29, 0.717) is 11.1 Å². The van der Waals surface area contributed by atoms with Crippen molar-refractivity contribution in [1.29, 1.82) is 0 Å². The molecule has 2 heterocycles. The number of carboxylic acid groups (broad SMARTS) is 1. The number of fused-ring (bicyclic) bond motifs is 1. The first-order valence-corrected chi connectivity index (χ1v) is 8.45. The highest BCUT2D eigenvalue weighted by Gasteiger charge is 2.35. The van der Waals surface area contributed by atoms with Crippen molar-refractivity contribution in [3.8, 4) is 0 Å². The van der Waals surface area contributed by atoms with Gasteiger partial charge in [-0.3, -0.25) is 4.79 Å². The van der Waals surface area contributed by atoms with Crippen LogP contribution in [-0.2, 0) is 14.8 Å². The van der Waals surface area contributed by atoms with Crippen LogP contribution in [0.3, 0.4) is 0 Å². The molecule has 0 saturated carbocycles. The number of hydrogen-bond acceptors (Lipinski definition) is 7. The maximum atomic E-state index is 13.0. The van der Waals surface area contributed by atoms with Crippen LogP contribution < -0.4 is 5.32 Å². The van der Waals surface area contributed by atoms with E-state index in [9.17, 15) is 13.2 Å². The summed E-state index contributed by atoms with van der Waals surface area (Å²) in [5, 5.41) is 19.4. The average molecular weight is 340 g/mol. The number of nitrogens with zero attached hydrogens (tertiary/aromatic N) is 3. The minimum Gasteiger partial charge on any atom is -0.480 e. The second kappa shape index (κ2) is 5.55. The summed E-state index contributed by atoms with van der Waals surface area (Å²) in [6.07, 6.45) is 0. The van der Waals surface area contributed by atoms with Gasteiger partial charge in [0.25, 0.3) is 0 Å². The van der Waals surface area contributed by atoms with Crippen LogP contribution in [0.25, 0.3) is 11.0 Å². The summed E-state index contributed by atoms with van der Waals surface area (Å²) >= 11 is 0. The molecule has 0 amide bonds. The smallest absolute Gasteiger partial charge is 0.322 e. The van der Waals surface area contributed by atoms with Gasteiger partial charge in [-0.25, -0.2) is 13.0 Å². The van der Waals surface area contributed by atoms with Gasteiger partial charge in [0.15, 0.2) is 5.52 Å². The van der Waals surface area contributed by atoms with E-state index in [1.54, 1.807) is 19.9 Å². The summed E-state index contributed by atoms with van der Waals surface area (Å²) in [5.74, 6) is -1.08. The van der Waals surface area contributed by atoms with Crippen LogP contribution in [0.4, 0.5) is 0 Å². The highest BCUT2D eigenvalue weighted by atomic mass is 32.2. The molecule has 2 N–H and O–H groups in total. The molecule has 1 aliphatic rings. The molecule has 2 aromatic rings. The number of aromatic nitrogens is 2. The van der Waals surface area contributed by atoms with E-state index in [2.05, 4.69) is 15.6 Å². The van der Waals surface area contributed by atoms with Gasteiger partial charge in [-0.05, 0) is 35.3 Å². The third-order valence-electron chi connectivity index (χ3n) is 3.90. The van der Waals surface area contributed by atoms with Crippen LogP contribution in [0.1, 0.15) is 11.1 Å². The normalized spacial score (nSPS) is 20.0. The Labute approximate surface area is 132 Å². The first-order valence-electron chi connectivity index (χ1n) is 7.01. The average Bonchev–Trinajstić information content (AvgIpc) is 2.96. The zero-order chi connectivity index (χ0) is 16.8. The van der Waals surface area contributed by atoms with Crippen molar-refractivity contribution in [2.45, 2.75) is 24.8 Å². The summed E-state index contributed by atoms with van der Waals surface area (Å²) in [4.78, 5) is 11.1. The van der Waals surface area contributed by atoms with E-state index in [4.69, 9.17) is 9.74 Å². The Morgan fingerprint density at radius 3 is 2.74 bits per heavy atom. The molecular weight excluding hydrogens is 324 g/mol. The third kappa shape index (κ3) is 2.58. The molecule has 0 radical (unpaired) electrons. The Bertz CT molecular complexity index is 876. The fraction of sp³-hybridized carbons (Fsp3) is 0.462. The van der Waals surface area contributed by atoms with Gasteiger partial charge in [-0.15, -0.1) is 0 Å². The predicted octanol–water partition coefficient (Wildman–Crippen LogP) is -0.113. The molecule has 1 aromatic heterocycles. The molecule has 0 unspecified atom stereocenters. The number of hydrogen-bond donors (Lipinski definition) is 2. The molecule has 1 fully saturated rings. The standard InChI is InChI=1S/C13H16N4O5S/c1-7-5-8(2)12(11-10(7)15-22-16-11)23(20,21)17-4-3-14-9(6-17)13(18)19/h5,9,14H,3-4,6H2,1-2H3,(H,18,19)/t9-/m0/s1. The molecule has 0 aliphatic carbocycles. The van der Waals surface area contributed by atoms with E-state index in [1.165, 1.54) is 0 Å². The van der Waals surface area contributed by atoms with Crippen LogP contribution in [0.15, 0.2) is 15.6 Å². The van der Waals surface area contributed by atoms with Crippen LogP contribution >= 0.6 is 0 Å². The monoisotopic (exact) mass is 340 g/mol. The fourth-order valence-electron chi connectivity index (χ4n) is 2.80. The molecule has 1 atom stereocenters. The topological polar surface area (TPSA) is 126 Å². The Kier molecular flexibility index (Phi) is 3.82. The molecule has 23 heavy (non-hydrogen) atoms. The van der Waals surface area contributed by atoms with Crippen LogP contribution in [-0.4, -0.2) is 59.8 Å². The van der Waals surface area contributed by atoms with Gasteiger partial charge in [-0.2, -0.15) is 4.31 Å². The molecule has 124 valence electrons. The largest absolute Gasteiger partial charge is 0.480 e. The second-order valence-electron chi connectivity index (χ2n) is 5.51. The summed E-state index contributed by atoms with van der Waals surface area (Å²) in [7, 11) is -3.90. The van der Waals surface area contributed by atoms with Gasteiger partial charge in [0.1, 0.15) is 16.5 Å². The van der Waals surface area contributed by atoms with Crippen molar-refractivity contribution in [3.63, 3.8) is 0 Å². The van der Waals surface area contributed by atoms with E-state index >= 15 is 0 Å². The quantitative estimate of drug-likeness (QED) is 0.792. The number of aryl methyl sites for hydroxylation is 2. The molecule has 0 spiro atoms. The van der Waals surface area contributed by atoms with Crippen molar-refractivity contribution in [1.82, 2.24) is 19.9 Å². The van der Waals surface area contributed by atoms with Crippen LogP contribution in [0.5, 0.6) is 0 Å². The molecule has 1 aromatic carbocycles. The number of sulfonamides is 1. The third-order valence-corrected chi connectivity index (χ3v) is 5.95. The molecule has 3 rings (SSSR count). The van der Waals surface area contributed by atoms with Gasteiger partial charge in [-0.1, -0.05) is 6.07 Å². The van der Waals surface area contributed by atoms with Crippen LogP contribution in [0.2, 0.25) is 0 Å². The predicted molar refractivity (Wildman–Crippen MR) is 79.5 cm³/mol. The first kappa shape index (κ1) is 15.8. The molecule has 1 aliphatic heterocycles. The highest BCUT2D eigenvalue weighted by Crippen LogP contribution is 2.29. The van der Waals surface area contributed by atoms with E-state index in [0.717, 1.165) is 9.87 Å². The van der Waals surface area contributed by atoms with Crippen molar-refractivity contribution >= 4 is 27.0 Å². The number of benzene rings is 1. The zero-order valence-corrected chi connectivity index (χ0v) is 13.4. The number of carbonyl (C=O) groups is 1. The van der Waals surface area contributed by atoms with Crippen molar-refractivity contribution in [3.05, 3.63) is 17.2 Å². The highest BCUT2D eigenvalue weighted by molar-refractivity contribution is 7.89. The van der Waals surface area contributed by atoms with Crippen molar-refractivity contribution in [2.24, 2.45) is 0 Å². The lowest BCUT2D eigenvalue weighted by molar-refractivity contribution is -0.140. The van der Waals surface area contributed by atoms with E-state index in [1.807, 2.05) is 0 Å². The van der Waals surface area contributed by atoms with Gasteiger partial charge in [0.05, 0.1) is 0 Å². The van der Waals surface area contributed by atoms with Crippen LogP contribution in [0, 0.1) is 13.8 Å². The minimum absolute atomic E-state index is 0.0189. The lowest BCUT2D eigenvalue weighted by atomic mass is 10.1. The number of nitrogens with one attached hydrogen (secondary N) is 1. The lowest BCUT2D eigenvalue weighted by Crippen LogP contribution is -2.55.